The van der Waals surface area contributed by atoms with Crippen molar-refractivity contribution in [3.05, 3.63) is 12.7 Å². The molecule has 0 fully saturated rings. The largest absolute Gasteiger partial charge is 0.462 e. The van der Waals surface area contributed by atoms with Crippen LogP contribution in [-0.2, 0) is 14.3 Å². The number of esters is 1. The summed E-state index contributed by atoms with van der Waals surface area (Å²) in [6, 6.07) is 0. The fourth-order valence-corrected chi connectivity index (χ4v) is 1.42. The maximum Gasteiger partial charge on any atom is 0.330 e. The number of hydrogen-bond acceptors (Lipinski definition) is 4. The van der Waals surface area contributed by atoms with E-state index in [1.807, 2.05) is 0 Å². The molecule has 0 aliphatic rings. The first-order valence-electron chi connectivity index (χ1n) is 5.87. The Hall–Kier alpha value is -0.970. The number of rotatable bonds is 10. The van der Waals surface area contributed by atoms with Gasteiger partial charge in [-0.25, -0.2) is 4.79 Å². The van der Waals surface area contributed by atoms with Crippen LogP contribution in [0.25, 0.3) is 0 Å². The number of ether oxygens (including phenoxy) is 1. The molecule has 1 N–H and O–H groups in total. The highest BCUT2D eigenvalue weighted by Gasteiger charge is 2.00. The summed E-state index contributed by atoms with van der Waals surface area (Å²) < 4.78 is 4.77. The third kappa shape index (κ3) is 11.3. The van der Waals surface area contributed by atoms with Gasteiger partial charge in [0.25, 0.3) is 0 Å². The van der Waals surface area contributed by atoms with Crippen LogP contribution in [0.2, 0.25) is 0 Å². The van der Waals surface area contributed by atoms with E-state index in [2.05, 4.69) is 24.5 Å². The Morgan fingerprint density at radius 3 is 2.65 bits per heavy atom. The summed E-state index contributed by atoms with van der Waals surface area (Å²) in [6.45, 7) is 4.13. The lowest BCUT2D eigenvalue weighted by Gasteiger charge is -2.05. The molecule has 4 nitrogen and oxygen atoms in total. The fraction of sp³-hybridized carbons (Fsp3) is 0.667. The van der Waals surface area contributed by atoms with E-state index < -0.39 is 5.97 Å². The Balaban J connectivity index is 3.27. The monoisotopic (exact) mass is 259 g/mol. The maximum atomic E-state index is 11.3. The lowest BCUT2D eigenvalue weighted by molar-refractivity contribution is -0.137. The minimum Gasteiger partial charge on any atom is -0.462 e. The third-order valence-electron chi connectivity index (χ3n) is 2.12. The molecule has 0 aromatic carbocycles. The van der Waals surface area contributed by atoms with E-state index in [4.69, 9.17) is 4.74 Å². The van der Waals surface area contributed by atoms with Gasteiger partial charge >= 0.3 is 5.97 Å². The molecule has 0 unspecified atom stereocenters. The predicted octanol–water partition coefficient (Wildman–Crippen LogP) is 1.71. The second-order valence-corrected chi connectivity index (χ2v) is 4.06. The average Bonchev–Trinajstić information content (AvgIpc) is 2.34. The summed E-state index contributed by atoms with van der Waals surface area (Å²) >= 11 is 4.10. The van der Waals surface area contributed by atoms with Crippen molar-refractivity contribution < 1.29 is 14.3 Å². The Morgan fingerprint density at radius 2 is 2.00 bits per heavy atom. The minimum absolute atomic E-state index is 0.0548. The van der Waals surface area contributed by atoms with Gasteiger partial charge in [0.15, 0.2) is 0 Å². The van der Waals surface area contributed by atoms with E-state index in [-0.39, 0.29) is 5.91 Å². The van der Waals surface area contributed by atoms with Crippen LogP contribution >= 0.6 is 12.6 Å². The third-order valence-corrected chi connectivity index (χ3v) is 2.43. The summed E-state index contributed by atoms with van der Waals surface area (Å²) in [6.07, 6.45) is 5.29. The number of carbonyl (C=O) groups excluding carboxylic acids is 2. The van der Waals surface area contributed by atoms with Gasteiger partial charge < -0.3 is 10.1 Å². The number of unbranched alkanes of at least 4 members (excludes halogenated alkanes) is 2. The lowest BCUT2D eigenvalue weighted by atomic mass is 10.2. The molecule has 0 saturated heterocycles. The van der Waals surface area contributed by atoms with Crippen molar-refractivity contribution in [1.29, 1.82) is 0 Å². The molecule has 0 spiro atoms. The second-order valence-electron chi connectivity index (χ2n) is 3.61. The van der Waals surface area contributed by atoms with Gasteiger partial charge in [-0.1, -0.05) is 13.0 Å². The first-order chi connectivity index (χ1) is 8.20. The number of amides is 1. The molecule has 0 aliphatic carbocycles. The Kier molecular flexibility index (Phi) is 10.9. The van der Waals surface area contributed by atoms with Crippen LogP contribution in [0.15, 0.2) is 12.7 Å². The smallest absolute Gasteiger partial charge is 0.330 e. The molecule has 0 heterocycles. The maximum absolute atomic E-state index is 11.3. The number of carbonyl (C=O) groups is 2. The van der Waals surface area contributed by atoms with Gasteiger partial charge in [-0.05, 0) is 25.0 Å². The normalized spacial score (nSPS) is 9.71. The lowest BCUT2D eigenvalue weighted by Crippen LogP contribution is -2.25. The van der Waals surface area contributed by atoms with Gasteiger partial charge in [-0.15, -0.1) is 0 Å². The zero-order chi connectivity index (χ0) is 12.9. The molecule has 0 atom stereocenters. The number of hydrogen-bond donors (Lipinski definition) is 2. The van der Waals surface area contributed by atoms with Gasteiger partial charge in [-0.3, -0.25) is 4.79 Å². The van der Waals surface area contributed by atoms with E-state index in [1.54, 1.807) is 0 Å². The molecule has 0 aromatic heterocycles. The van der Waals surface area contributed by atoms with Gasteiger partial charge in [0.1, 0.15) is 0 Å². The highest BCUT2D eigenvalue weighted by atomic mass is 32.1. The van der Waals surface area contributed by atoms with Crippen molar-refractivity contribution >= 4 is 24.5 Å². The van der Waals surface area contributed by atoms with Crippen LogP contribution in [0.5, 0.6) is 0 Å². The Morgan fingerprint density at radius 1 is 1.24 bits per heavy atom. The molecular weight excluding hydrogens is 238 g/mol. The van der Waals surface area contributed by atoms with E-state index in [0.717, 1.165) is 31.1 Å². The number of thiol groups is 1. The van der Waals surface area contributed by atoms with E-state index >= 15 is 0 Å². The summed E-state index contributed by atoms with van der Waals surface area (Å²) in [5, 5.41) is 2.78. The Labute approximate surface area is 108 Å². The Bertz CT molecular complexity index is 244. The molecule has 0 radical (unpaired) electrons. The van der Waals surface area contributed by atoms with Crippen LogP contribution < -0.4 is 5.32 Å². The molecule has 0 rings (SSSR count). The highest BCUT2D eigenvalue weighted by molar-refractivity contribution is 7.80. The SMILES string of the molecule is C=CC(=O)OCCCNC(=O)CCCCCS. The summed E-state index contributed by atoms with van der Waals surface area (Å²) in [5.74, 6) is 0.498. The molecule has 0 aromatic rings. The van der Waals surface area contributed by atoms with Crippen LogP contribution in [0.1, 0.15) is 32.1 Å². The first-order valence-corrected chi connectivity index (χ1v) is 6.50. The van der Waals surface area contributed by atoms with Gasteiger partial charge in [0.2, 0.25) is 5.91 Å². The van der Waals surface area contributed by atoms with Gasteiger partial charge in [0, 0.05) is 19.0 Å². The minimum atomic E-state index is -0.428. The van der Waals surface area contributed by atoms with Crippen LogP contribution in [-0.4, -0.2) is 30.8 Å². The van der Waals surface area contributed by atoms with E-state index in [0.29, 0.717) is 26.0 Å². The molecule has 0 bridgehead atoms. The van der Waals surface area contributed by atoms with Crippen molar-refractivity contribution in [3.8, 4) is 0 Å². The average molecular weight is 259 g/mol. The van der Waals surface area contributed by atoms with Crippen molar-refractivity contribution in [2.24, 2.45) is 0 Å². The van der Waals surface area contributed by atoms with Crippen LogP contribution in [0.4, 0.5) is 0 Å². The molecule has 0 aliphatic heterocycles. The van der Waals surface area contributed by atoms with Crippen molar-refractivity contribution in [1.82, 2.24) is 5.32 Å². The summed E-state index contributed by atoms with van der Waals surface area (Å²) in [5.41, 5.74) is 0. The molecule has 98 valence electrons. The molecule has 0 saturated carbocycles. The highest BCUT2D eigenvalue weighted by Crippen LogP contribution is 2.00. The van der Waals surface area contributed by atoms with Crippen LogP contribution in [0, 0.1) is 0 Å². The van der Waals surface area contributed by atoms with E-state index in [1.165, 1.54) is 0 Å². The molecule has 17 heavy (non-hydrogen) atoms. The van der Waals surface area contributed by atoms with Crippen molar-refractivity contribution in [2.45, 2.75) is 32.1 Å². The van der Waals surface area contributed by atoms with Crippen molar-refractivity contribution in [3.63, 3.8) is 0 Å². The quantitative estimate of drug-likeness (QED) is 0.272. The van der Waals surface area contributed by atoms with Gasteiger partial charge in [0.05, 0.1) is 6.61 Å². The standard InChI is InChI=1S/C12H21NO3S/c1-2-12(15)16-9-6-8-13-11(14)7-4-3-5-10-17/h2,17H,1,3-10H2,(H,13,14). The van der Waals surface area contributed by atoms with E-state index in [9.17, 15) is 9.59 Å². The zero-order valence-electron chi connectivity index (χ0n) is 10.1. The molecule has 1 amide bonds. The second kappa shape index (κ2) is 11.5. The number of nitrogens with one attached hydrogen (secondary N) is 1. The van der Waals surface area contributed by atoms with Crippen molar-refractivity contribution in [2.75, 3.05) is 18.9 Å². The predicted molar refractivity (Wildman–Crippen MR) is 71.1 cm³/mol. The molecular formula is C12H21NO3S. The summed E-state index contributed by atoms with van der Waals surface area (Å²) in [7, 11) is 0. The van der Waals surface area contributed by atoms with Crippen LogP contribution in [0.3, 0.4) is 0 Å². The van der Waals surface area contributed by atoms with Gasteiger partial charge in [-0.2, -0.15) is 12.6 Å². The topological polar surface area (TPSA) is 55.4 Å². The molecule has 5 heteroatoms. The first kappa shape index (κ1) is 16.0. The summed E-state index contributed by atoms with van der Waals surface area (Å²) in [4.78, 5) is 22.0. The fourth-order valence-electron chi connectivity index (χ4n) is 1.19. The zero-order valence-corrected chi connectivity index (χ0v) is 11.0.